The van der Waals surface area contributed by atoms with E-state index < -0.39 is 0 Å². The van der Waals surface area contributed by atoms with E-state index in [-0.39, 0.29) is 5.91 Å². The molecule has 0 saturated heterocycles. The molecule has 2 N–H and O–H groups in total. The van der Waals surface area contributed by atoms with Crippen LogP contribution in [0.4, 0.5) is 0 Å². The Bertz CT molecular complexity index is 184. The molecule has 0 saturated carbocycles. The molecule has 0 spiro atoms. The number of hydrogen-bond donors (Lipinski definition) is 1. The molecule has 5 heteroatoms. The minimum Gasteiger partial charge on any atom is -0.370 e. The van der Waals surface area contributed by atoms with Gasteiger partial charge < -0.3 is 5.73 Å². The number of nitrogens with two attached hydrogens (primary N) is 1. The molecule has 1 rings (SSSR count). The van der Waals surface area contributed by atoms with Gasteiger partial charge >= 0.3 is 0 Å². The van der Waals surface area contributed by atoms with Gasteiger partial charge in [-0.15, -0.1) is 11.3 Å². The number of rotatable bonds is 0. The second-order valence-corrected chi connectivity index (χ2v) is 4.04. The molecule has 10 heavy (non-hydrogen) atoms. The molecule has 0 aliphatic rings. The smallest absolute Gasteiger partial charge is 0.214 e. The van der Waals surface area contributed by atoms with E-state index in [1.54, 1.807) is 17.5 Å². The van der Waals surface area contributed by atoms with Crippen molar-refractivity contribution in [3.63, 3.8) is 0 Å². The highest BCUT2D eigenvalue weighted by atomic mass is 127. The lowest BCUT2D eigenvalue weighted by molar-refractivity contribution is -0.115. The summed E-state index contributed by atoms with van der Waals surface area (Å²) in [6, 6.07) is 0. The molecule has 1 aromatic heterocycles. The van der Waals surface area contributed by atoms with Gasteiger partial charge in [-0.25, -0.2) is 4.98 Å². The van der Waals surface area contributed by atoms with Crippen LogP contribution in [0.5, 0.6) is 0 Å². The number of nitrogens with zero attached hydrogens (tertiary/aromatic N) is 1. The zero-order valence-electron chi connectivity index (χ0n) is 5.37. The molecule has 0 aromatic carbocycles. The Labute approximate surface area is 76.8 Å². The molecule has 1 aromatic rings. The second kappa shape index (κ2) is 5.60. The van der Waals surface area contributed by atoms with E-state index in [1.165, 1.54) is 6.92 Å². The van der Waals surface area contributed by atoms with Gasteiger partial charge in [-0.2, -0.15) is 0 Å². The van der Waals surface area contributed by atoms with Gasteiger partial charge in [-0.05, 0) is 22.6 Å². The molecule has 1 amide bonds. The van der Waals surface area contributed by atoms with E-state index in [0.29, 0.717) is 0 Å². The number of hydrogen-bond acceptors (Lipinski definition) is 3. The van der Waals surface area contributed by atoms with E-state index in [2.05, 4.69) is 33.3 Å². The Balaban J connectivity index is 0.000000180. The summed E-state index contributed by atoms with van der Waals surface area (Å²) in [5.74, 6) is -0.333. The SMILES string of the molecule is CC(N)=O.Ic1nccs1. The lowest BCUT2D eigenvalue weighted by Gasteiger charge is -1.62. The van der Waals surface area contributed by atoms with Crippen molar-refractivity contribution in [1.82, 2.24) is 4.98 Å². The monoisotopic (exact) mass is 270 g/mol. The van der Waals surface area contributed by atoms with Crippen LogP contribution in [0.25, 0.3) is 0 Å². The molecular formula is C5H7IN2OS. The first-order chi connectivity index (χ1) is 4.63. The molecule has 0 unspecified atom stereocenters. The molecule has 56 valence electrons. The van der Waals surface area contributed by atoms with Crippen molar-refractivity contribution in [2.24, 2.45) is 5.73 Å². The van der Waals surface area contributed by atoms with Crippen LogP contribution in [-0.4, -0.2) is 10.9 Å². The Morgan fingerprint density at radius 3 is 2.50 bits per heavy atom. The predicted molar refractivity (Wildman–Crippen MR) is 49.7 cm³/mol. The summed E-state index contributed by atoms with van der Waals surface area (Å²) in [5, 5.41) is 1.96. The van der Waals surface area contributed by atoms with Crippen LogP contribution in [0, 0.1) is 3.01 Å². The largest absolute Gasteiger partial charge is 0.370 e. The van der Waals surface area contributed by atoms with Gasteiger partial charge in [0.25, 0.3) is 0 Å². The molecule has 0 aliphatic carbocycles. The predicted octanol–water partition coefficient (Wildman–Crippen LogP) is 1.24. The molecule has 1 heterocycles. The van der Waals surface area contributed by atoms with Crippen LogP contribution in [-0.2, 0) is 4.79 Å². The third-order valence-electron chi connectivity index (χ3n) is 0.402. The first kappa shape index (κ1) is 9.83. The quantitative estimate of drug-likeness (QED) is 0.721. The summed E-state index contributed by atoms with van der Waals surface area (Å²) >= 11 is 3.84. The van der Waals surface area contributed by atoms with Crippen LogP contribution < -0.4 is 5.73 Å². The Hall–Kier alpha value is -0.170. The summed E-state index contributed by atoms with van der Waals surface area (Å²) in [6.45, 7) is 1.31. The molecule has 0 fully saturated rings. The fourth-order valence-electron chi connectivity index (χ4n) is 0.206. The lowest BCUT2D eigenvalue weighted by Crippen LogP contribution is -2.01. The van der Waals surface area contributed by atoms with Crippen molar-refractivity contribution >= 4 is 39.8 Å². The third-order valence-corrected chi connectivity index (χ3v) is 2.00. The van der Waals surface area contributed by atoms with Crippen molar-refractivity contribution in [1.29, 1.82) is 0 Å². The van der Waals surface area contributed by atoms with Crippen LogP contribution in [0.2, 0.25) is 0 Å². The minimum absolute atomic E-state index is 0.333. The van der Waals surface area contributed by atoms with Gasteiger partial charge in [0.1, 0.15) is 0 Å². The third kappa shape index (κ3) is 7.83. The van der Waals surface area contributed by atoms with E-state index in [0.717, 1.165) is 3.01 Å². The number of aromatic nitrogens is 1. The molecule has 3 nitrogen and oxygen atoms in total. The van der Waals surface area contributed by atoms with Crippen LogP contribution in [0.1, 0.15) is 6.92 Å². The van der Waals surface area contributed by atoms with Gasteiger partial charge in [0.05, 0.1) is 0 Å². The van der Waals surface area contributed by atoms with Gasteiger partial charge in [0.15, 0.2) is 3.01 Å². The number of carbonyl (C=O) groups excluding carboxylic acids is 1. The first-order valence-corrected chi connectivity index (χ1v) is 4.40. The maximum Gasteiger partial charge on any atom is 0.214 e. The summed E-state index contributed by atoms with van der Waals surface area (Å²) in [5.41, 5.74) is 4.47. The number of halogens is 1. The van der Waals surface area contributed by atoms with Crippen LogP contribution in [0.15, 0.2) is 11.6 Å². The molecule has 0 radical (unpaired) electrons. The maximum atomic E-state index is 9.22. The highest BCUT2D eigenvalue weighted by Gasteiger charge is 1.78. The highest BCUT2D eigenvalue weighted by molar-refractivity contribution is 14.1. The second-order valence-electron chi connectivity index (χ2n) is 1.40. The Morgan fingerprint density at radius 1 is 1.90 bits per heavy atom. The van der Waals surface area contributed by atoms with Crippen LogP contribution in [0.3, 0.4) is 0 Å². The number of carbonyl (C=O) groups is 1. The number of thiazole rings is 1. The average Bonchev–Trinajstić information content (AvgIpc) is 2.15. The van der Waals surface area contributed by atoms with Crippen molar-refractivity contribution in [3.8, 4) is 0 Å². The van der Waals surface area contributed by atoms with E-state index >= 15 is 0 Å². The van der Waals surface area contributed by atoms with Crippen LogP contribution >= 0.6 is 33.9 Å². The fraction of sp³-hybridized carbons (Fsp3) is 0.200. The molecular weight excluding hydrogens is 263 g/mol. The lowest BCUT2D eigenvalue weighted by atomic mass is 10.8. The van der Waals surface area contributed by atoms with E-state index in [9.17, 15) is 4.79 Å². The van der Waals surface area contributed by atoms with Crippen molar-refractivity contribution in [2.45, 2.75) is 6.92 Å². The van der Waals surface area contributed by atoms with Gasteiger partial charge in [0, 0.05) is 18.5 Å². The summed E-state index contributed by atoms with van der Waals surface area (Å²) in [4.78, 5) is 13.1. The van der Waals surface area contributed by atoms with Crippen molar-refractivity contribution in [3.05, 3.63) is 14.6 Å². The average molecular weight is 270 g/mol. The zero-order valence-corrected chi connectivity index (χ0v) is 8.35. The minimum atomic E-state index is -0.333. The van der Waals surface area contributed by atoms with Gasteiger partial charge in [-0.1, -0.05) is 0 Å². The Morgan fingerprint density at radius 2 is 2.40 bits per heavy atom. The normalized spacial score (nSPS) is 7.80. The standard InChI is InChI=1S/C3H2INS.C2H5NO/c4-3-5-1-2-6-3;1-2(3)4/h1-2H;1H3,(H2,3,4). The summed E-state index contributed by atoms with van der Waals surface area (Å²) < 4.78 is 1.10. The molecule has 0 atom stereocenters. The Kier molecular flexibility index (Phi) is 5.51. The summed E-state index contributed by atoms with van der Waals surface area (Å²) in [7, 11) is 0. The van der Waals surface area contributed by atoms with Gasteiger partial charge in [-0.3, -0.25) is 4.79 Å². The topological polar surface area (TPSA) is 56.0 Å². The van der Waals surface area contributed by atoms with E-state index in [1.807, 2.05) is 5.38 Å². The number of amides is 1. The summed E-state index contributed by atoms with van der Waals surface area (Å²) in [6.07, 6.45) is 1.80. The molecule has 0 aliphatic heterocycles. The van der Waals surface area contributed by atoms with Crippen molar-refractivity contribution < 1.29 is 4.79 Å². The first-order valence-electron chi connectivity index (χ1n) is 2.44. The fourth-order valence-corrected chi connectivity index (χ4v) is 1.16. The maximum absolute atomic E-state index is 9.22. The van der Waals surface area contributed by atoms with E-state index in [4.69, 9.17) is 0 Å². The van der Waals surface area contributed by atoms with Crippen molar-refractivity contribution in [2.75, 3.05) is 0 Å². The number of primary amides is 1. The zero-order chi connectivity index (χ0) is 7.98. The highest BCUT2D eigenvalue weighted by Crippen LogP contribution is 2.05. The molecule has 0 bridgehead atoms. The van der Waals surface area contributed by atoms with Gasteiger partial charge in [0.2, 0.25) is 5.91 Å².